The minimum atomic E-state index is -0.803. The monoisotopic (exact) mass is 420 g/mol. The molecule has 148 valence electrons. The normalized spacial score (nSPS) is 17.8. The Hall–Kier alpha value is -2.70. The Balaban J connectivity index is 0.00000140. The number of aromatic nitrogens is 2. The quantitative estimate of drug-likeness (QED) is 0.772. The van der Waals surface area contributed by atoms with E-state index in [1.54, 1.807) is 12.5 Å². The summed E-state index contributed by atoms with van der Waals surface area (Å²) in [6.45, 7) is 0.625. The molecule has 0 saturated heterocycles. The van der Waals surface area contributed by atoms with E-state index in [1.807, 2.05) is 58.1 Å². The highest BCUT2D eigenvalue weighted by Gasteiger charge is 2.33. The molecule has 0 spiro atoms. The van der Waals surface area contributed by atoms with Gasteiger partial charge < -0.3 is 19.9 Å². The van der Waals surface area contributed by atoms with Crippen LogP contribution in [-0.2, 0) is 11.3 Å². The van der Waals surface area contributed by atoms with Crippen LogP contribution in [0.15, 0.2) is 78.8 Å². The third-order valence-corrected chi connectivity index (χ3v) is 4.63. The van der Waals surface area contributed by atoms with E-state index in [4.69, 9.17) is 0 Å². The van der Waals surface area contributed by atoms with Crippen LogP contribution in [0.1, 0.15) is 18.4 Å². The van der Waals surface area contributed by atoms with Crippen LogP contribution in [0.2, 0.25) is 0 Å². The molecule has 6 nitrogen and oxygen atoms in total. The van der Waals surface area contributed by atoms with Gasteiger partial charge in [0.15, 0.2) is 0 Å². The number of carboxylic acid groups (broad SMARTS) is 1. The van der Waals surface area contributed by atoms with Crippen molar-refractivity contribution in [3.05, 3.63) is 84.4 Å². The van der Waals surface area contributed by atoms with E-state index in [1.165, 1.54) is 0 Å². The number of hydrogen-bond acceptors (Lipinski definition) is 4. The molecule has 2 aromatic rings. The van der Waals surface area contributed by atoms with Crippen molar-refractivity contribution >= 4 is 36.5 Å². The lowest BCUT2D eigenvalue weighted by atomic mass is 10.00. The van der Waals surface area contributed by atoms with Gasteiger partial charge in [0, 0.05) is 30.7 Å². The molecule has 2 aliphatic rings. The summed E-state index contributed by atoms with van der Waals surface area (Å²) in [5, 5.41) is 13.1. The van der Waals surface area contributed by atoms with Crippen LogP contribution in [0.5, 0.6) is 0 Å². The van der Waals surface area contributed by atoms with Crippen LogP contribution < -0.4 is 5.32 Å². The zero-order valence-corrected chi connectivity index (χ0v) is 16.7. The summed E-state index contributed by atoms with van der Waals surface area (Å²) in [5.74, 6) is -0.0131. The maximum absolute atomic E-state index is 11.8. The van der Waals surface area contributed by atoms with Gasteiger partial charge in [-0.15, -0.1) is 24.8 Å². The van der Waals surface area contributed by atoms with Gasteiger partial charge in [0.05, 0.1) is 12.0 Å². The summed E-state index contributed by atoms with van der Waals surface area (Å²) in [7, 11) is 0. The topological polar surface area (TPSA) is 70.4 Å². The Labute approximate surface area is 176 Å². The Kier molecular flexibility index (Phi) is 7.31. The average molecular weight is 421 g/mol. The molecule has 0 radical (unpaired) electrons. The highest BCUT2D eigenvalue weighted by atomic mass is 35.5. The van der Waals surface area contributed by atoms with E-state index in [0.29, 0.717) is 13.0 Å². The third-order valence-electron chi connectivity index (χ3n) is 4.63. The lowest BCUT2D eigenvalue weighted by Gasteiger charge is -2.39. The molecule has 1 unspecified atom stereocenters. The van der Waals surface area contributed by atoms with Crippen molar-refractivity contribution in [2.24, 2.45) is 0 Å². The van der Waals surface area contributed by atoms with E-state index in [-0.39, 0.29) is 24.8 Å². The fraction of sp³-hybridized carbons (Fsp3) is 0.200. The fourth-order valence-corrected chi connectivity index (χ4v) is 3.35. The van der Waals surface area contributed by atoms with Gasteiger partial charge in [0.2, 0.25) is 0 Å². The lowest BCUT2D eigenvalue weighted by molar-refractivity contribution is -0.142. The smallest absolute Gasteiger partial charge is 0.326 e. The zero-order valence-electron chi connectivity index (χ0n) is 15.1. The second kappa shape index (κ2) is 9.48. The molecule has 1 aromatic carbocycles. The first kappa shape index (κ1) is 21.6. The second-order valence-electron chi connectivity index (χ2n) is 6.34. The molecule has 4 rings (SSSR count). The first-order valence-electron chi connectivity index (χ1n) is 8.64. The number of nitrogens with zero attached hydrogens (tertiary/aromatic N) is 3. The summed E-state index contributed by atoms with van der Waals surface area (Å²) < 4.78 is 1.92. The van der Waals surface area contributed by atoms with Crippen LogP contribution >= 0.6 is 24.8 Å². The fourth-order valence-electron chi connectivity index (χ4n) is 3.35. The van der Waals surface area contributed by atoms with Crippen molar-refractivity contribution in [2.75, 3.05) is 0 Å². The van der Waals surface area contributed by atoms with Gasteiger partial charge >= 0.3 is 5.97 Å². The first-order chi connectivity index (χ1) is 12.7. The molecule has 0 amide bonds. The second-order valence-corrected chi connectivity index (χ2v) is 6.34. The van der Waals surface area contributed by atoms with E-state index >= 15 is 0 Å². The zero-order chi connectivity index (χ0) is 17.9. The van der Waals surface area contributed by atoms with Crippen molar-refractivity contribution in [2.45, 2.75) is 25.4 Å². The molecule has 0 bridgehead atoms. The van der Waals surface area contributed by atoms with Gasteiger partial charge in [-0.1, -0.05) is 36.4 Å². The molecule has 28 heavy (non-hydrogen) atoms. The van der Waals surface area contributed by atoms with Crippen LogP contribution in [0, 0.1) is 0 Å². The van der Waals surface area contributed by atoms with Crippen molar-refractivity contribution in [1.29, 1.82) is 0 Å². The summed E-state index contributed by atoms with van der Waals surface area (Å²) >= 11 is 0. The number of aliphatic carboxylic acids is 1. The average Bonchev–Trinajstić information content (AvgIpc) is 3.21. The summed E-state index contributed by atoms with van der Waals surface area (Å²) in [4.78, 5) is 17.8. The van der Waals surface area contributed by atoms with Gasteiger partial charge in [-0.05, 0) is 24.5 Å². The number of hydrogen-bond donors (Lipinski definition) is 2. The summed E-state index contributed by atoms with van der Waals surface area (Å²) in [6.07, 6.45) is 12.8. The molecule has 0 saturated carbocycles. The molecule has 2 aliphatic heterocycles. The van der Waals surface area contributed by atoms with Gasteiger partial charge in [-0.3, -0.25) is 0 Å². The highest BCUT2D eigenvalue weighted by Crippen LogP contribution is 2.32. The van der Waals surface area contributed by atoms with Crippen LogP contribution in [0.4, 0.5) is 0 Å². The number of imidazole rings is 1. The van der Waals surface area contributed by atoms with Crippen LogP contribution in [-0.4, -0.2) is 31.6 Å². The van der Waals surface area contributed by atoms with Crippen LogP contribution in [0.25, 0.3) is 5.70 Å². The molecular formula is C20H22Cl2N4O2. The van der Waals surface area contributed by atoms with Gasteiger partial charge in [0.1, 0.15) is 11.9 Å². The molecule has 0 aliphatic carbocycles. The number of nitrogens with one attached hydrogen (secondary N) is 1. The number of carboxylic acids is 1. The lowest BCUT2D eigenvalue weighted by Crippen LogP contribution is -2.46. The molecule has 1 aromatic heterocycles. The Morgan fingerprint density at radius 3 is 2.64 bits per heavy atom. The molecule has 2 N–H and O–H groups in total. The number of benzene rings is 1. The Morgan fingerprint density at radius 1 is 1.18 bits per heavy atom. The van der Waals surface area contributed by atoms with Crippen molar-refractivity contribution in [3.8, 4) is 0 Å². The molecule has 3 heterocycles. The standard InChI is InChI=1S/C20H20N4O2.2ClH/c25-20(26)18-8-4-7-16-11-17(23-10-9-21-14-23)12-19(24(16)18)22-13-15-5-2-1-3-6-15;;/h1-3,5-7,9-12,14,18,22H,4,8,13H2,(H,25,26);2*1H. The summed E-state index contributed by atoms with van der Waals surface area (Å²) in [6, 6.07) is 9.50. The predicted octanol–water partition coefficient (Wildman–Crippen LogP) is 3.65. The maximum atomic E-state index is 11.8. The molecule has 0 fully saturated rings. The van der Waals surface area contributed by atoms with Crippen molar-refractivity contribution < 1.29 is 9.90 Å². The maximum Gasteiger partial charge on any atom is 0.326 e. The first-order valence-corrected chi connectivity index (χ1v) is 8.64. The van der Waals surface area contributed by atoms with E-state index < -0.39 is 12.0 Å². The number of carbonyl (C=O) groups is 1. The number of allylic oxidation sites excluding steroid dienone is 4. The molecular weight excluding hydrogens is 399 g/mol. The van der Waals surface area contributed by atoms with E-state index in [9.17, 15) is 9.90 Å². The number of rotatable bonds is 5. The van der Waals surface area contributed by atoms with Gasteiger partial charge in [0.25, 0.3) is 0 Å². The number of fused-ring (bicyclic) bond motifs is 1. The minimum Gasteiger partial charge on any atom is -0.480 e. The molecule has 1 atom stereocenters. The van der Waals surface area contributed by atoms with Crippen LogP contribution in [0.3, 0.4) is 0 Å². The minimum absolute atomic E-state index is 0. The summed E-state index contributed by atoms with van der Waals surface area (Å²) in [5.41, 5.74) is 3.00. The van der Waals surface area contributed by atoms with E-state index in [2.05, 4.69) is 16.4 Å². The van der Waals surface area contributed by atoms with E-state index in [0.717, 1.165) is 29.2 Å². The Bertz CT molecular complexity index is 892. The van der Waals surface area contributed by atoms with Gasteiger partial charge in [-0.2, -0.15) is 0 Å². The molecule has 8 heteroatoms. The Morgan fingerprint density at radius 2 is 1.96 bits per heavy atom. The number of halogens is 2. The third kappa shape index (κ3) is 4.40. The predicted molar refractivity (Wildman–Crippen MR) is 113 cm³/mol. The highest BCUT2D eigenvalue weighted by molar-refractivity contribution is 5.85. The largest absolute Gasteiger partial charge is 0.480 e. The van der Waals surface area contributed by atoms with Crippen molar-refractivity contribution in [3.63, 3.8) is 0 Å². The SMILES string of the molecule is Cl.Cl.O=C(O)C1CCC=C2C=C(n3ccnc3)C=C(NCc3ccccc3)N21. The van der Waals surface area contributed by atoms with Gasteiger partial charge in [-0.25, -0.2) is 9.78 Å². The van der Waals surface area contributed by atoms with Crippen molar-refractivity contribution in [1.82, 2.24) is 19.8 Å².